The molecule has 148 valence electrons. The number of esters is 1. The maximum Gasteiger partial charge on any atom is 0.335 e. The first-order valence-electron chi connectivity index (χ1n) is 9.12. The van der Waals surface area contributed by atoms with Crippen molar-refractivity contribution in [2.24, 2.45) is 5.92 Å². The van der Waals surface area contributed by atoms with Crippen LogP contribution in [0, 0.1) is 5.92 Å². The average molecular weight is 384 g/mol. The third kappa shape index (κ3) is 4.56. The molecule has 3 rings (SSSR count). The molecular weight excluding hydrogens is 360 g/mol. The molecule has 0 saturated carbocycles. The van der Waals surface area contributed by atoms with Crippen LogP contribution in [0.25, 0.3) is 0 Å². The van der Waals surface area contributed by atoms with E-state index in [-0.39, 0.29) is 35.8 Å². The van der Waals surface area contributed by atoms with Gasteiger partial charge in [0.05, 0.1) is 19.1 Å². The van der Waals surface area contributed by atoms with Crippen LogP contribution < -0.4 is 10.9 Å². The zero-order valence-corrected chi connectivity index (χ0v) is 15.5. The molecule has 7 nitrogen and oxygen atoms in total. The van der Waals surface area contributed by atoms with Gasteiger partial charge in [-0.05, 0) is 29.7 Å². The molecule has 0 spiro atoms. The van der Waals surface area contributed by atoms with Gasteiger partial charge in [0, 0.05) is 17.9 Å². The van der Waals surface area contributed by atoms with Crippen LogP contribution in [0.4, 0.5) is 0 Å². The van der Waals surface area contributed by atoms with E-state index in [1.54, 1.807) is 12.1 Å². The van der Waals surface area contributed by atoms with Crippen molar-refractivity contribution < 1.29 is 24.5 Å². The molecule has 0 aromatic heterocycles. The number of nitrogens with one attached hydrogen (secondary N) is 2. The molecule has 4 atom stereocenters. The normalized spacial score (nSPS) is 22.6. The van der Waals surface area contributed by atoms with Crippen molar-refractivity contribution in [2.45, 2.75) is 31.0 Å². The van der Waals surface area contributed by atoms with Crippen LogP contribution in [-0.2, 0) is 16.0 Å². The Morgan fingerprint density at radius 1 is 1.07 bits per heavy atom. The van der Waals surface area contributed by atoms with Crippen LogP contribution in [0.2, 0.25) is 0 Å². The van der Waals surface area contributed by atoms with Crippen molar-refractivity contribution in [1.82, 2.24) is 10.9 Å². The van der Waals surface area contributed by atoms with Crippen LogP contribution in [-0.4, -0.2) is 41.5 Å². The van der Waals surface area contributed by atoms with Gasteiger partial charge in [0.1, 0.15) is 6.23 Å². The summed E-state index contributed by atoms with van der Waals surface area (Å²) in [6.07, 6.45) is -0.109. The Hall–Kier alpha value is -2.74. The van der Waals surface area contributed by atoms with E-state index in [0.717, 1.165) is 11.1 Å². The maximum absolute atomic E-state index is 12.1. The summed E-state index contributed by atoms with van der Waals surface area (Å²) in [6.45, 7) is 0. The van der Waals surface area contributed by atoms with E-state index in [1.807, 2.05) is 30.3 Å². The first-order valence-corrected chi connectivity index (χ1v) is 9.12. The highest BCUT2D eigenvalue weighted by molar-refractivity contribution is 5.87. The average Bonchev–Trinajstić information content (AvgIpc) is 3.06. The van der Waals surface area contributed by atoms with E-state index in [4.69, 9.17) is 9.84 Å². The smallest absolute Gasteiger partial charge is 0.335 e. The third-order valence-corrected chi connectivity index (χ3v) is 5.21. The molecule has 2 aromatic rings. The Labute approximate surface area is 163 Å². The van der Waals surface area contributed by atoms with Gasteiger partial charge in [0.25, 0.3) is 0 Å². The number of aromatic carboxylic acids is 1. The molecule has 0 radical (unpaired) electrons. The molecule has 1 heterocycles. The summed E-state index contributed by atoms with van der Waals surface area (Å²) in [5.41, 5.74) is 8.06. The third-order valence-electron chi connectivity index (χ3n) is 5.21. The monoisotopic (exact) mass is 384 g/mol. The minimum atomic E-state index is -1.01. The Balaban J connectivity index is 1.90. The zero-order valence-electron chi connectivity index (χ0n) is 15.5. The lowest BCUT2D eigenvalue weighted by Crippen LogP contribution is -2.36. The van der Waals surface area contributed by atoms with Crippen molar-refractivity contribution in [3.05, 3.63) is 71.3 Å². The summed E-state index contributed by atoms with van der Waals surface area (Å²) in [4.78, 5) is 23.2. The number of aliphatic hydroxyl groups is 1. The molecule has 28 heavy (non-hydrogen) atoms. The highest BCUT2D eigenvalue weighted by Crippen LogP contribution is 2.36. The van der Waals surface area contributed by atoms with E-state index in [1.165, 1.54) is 19.2 Å². The minimum absolute atomic E-state index is 0.0826. The van der Waals surface area contributed by atoms with Crippen molar-refractivity contribution >= 4 is 11.9 Å². The van der Waals surface area contributed by atoms with Gasteiger partial charge in [-0.2, -0.15) is 0 Å². The van der Waals surface area contributed by atoms with E-state index in [2.05, 4.69) is 10.9 Å². The Morgan fingerprint density at radius 3 is 2.36 bits per heavy atom. The molecule has 7 heteroatoms. The number of carboxylic acid groups (broad SMARTS) is 1. The molecule has 4 N–H and O–H groups in total. The van der Waals surface area contributed by atoms with Gasteiger partial charge >= 0.3 is 11.9 Å². The number of ether oxygens (including phenoxy) is 1. The lowest BCUT2D eigenvalue weighted by molar-refractivity contribution is -0.141. The zero-order chi connectivity index (χ0) is 20.1. The second-order valence-corrected chi connectivity index (χ2v) is 6.92. The largest absolute Gasteiger partial charge is 0.478 e. The first kappa shape index (κ1) is 20.0. The first-order chi connectivity index (χ1) is 13.5. The Bertz CT molecular complexity index is 809. The highest BCUT2D eigenvalue weighted by atomic mass is 16.5. The van der Waals surface area contributed by atoms with E-state index in [9.17, 15) is 14.7 Å². The fourth-order valence-corrected chi connectivity index (χ4v) is 3.77. The van der Waals surface area contributed by atoms with Crippen molar-refractivity contribution in [1.29, 1.82) is 0 Å². The summed E-state index contributed by atoms with van der Waals surface area (Å²) in [7, 11) is 1.33. The predicted octanol–water partition coefficient (Wildman–Crippen LogP) is 1.69. The van der Waals surface area contributed by atoms with E-state index < -0.39 is 12.2 Å². The number of benzene rings is 2. The molecule has 1 aliphatic rings. The maximum atomic E-state index is 12.1. The SMILES string of the molecule is COC(=O)CC(c1ccc(C(=O)O)cc1)C1C(O)NNC1Cc1ccccc1. The van der Waals surface area contributed by atoms with Crippen LogP contribution in [0.1, 0.15) is 33.8 Å². The van der Waals surface area contributed by atoms with Crippen LogP contribution in [0.15, 0.2) is 54.6 Å². The van der Waals surface area contributed by atoms with Gasteiger partial charge in [-0.3, -0.25) is 10.2 Å². The van der Waals surface area contributed by atoms with Crippen molar-refractivity contribution in [3.63, 3.8) is 0 Å². The summed E-state index contributed by atoms with van der Waals surface area (Å²) < 4.78 is 4.86. The number of rotatable bonds is 7. The standard InChI is InChI=1S/C21H24N2O5/c1-28-18(24)12-16(14-7-9-15(10-8-14)21(26)27)19-17(22-23-20(19)25)11-13-5-3-2-4-6-13/h2-10,16-17,19-20,22-23,25H,11-12H2,1H3,(H,26,27). The number of carbonyl (C=O) groups excluding carboxylic acids is 1. The van der Waals surface area contributed by atoms with Crippen molar-refractivity contribution in [2.75, 3.05) is 7.11 Å². The van der Waals surface area contributed by atoms with Gasteiger partial charge < -0.3 is 14.9 Å². The summed E-state index contributed by atoms with van der Waals surface area (Å²) >= 11 is 0. The number of aliphatic hydroxyl groups excluding tert-OH is 1. The second-order valence-electron chi connectivity index (χ2n) is 6.92. The summed E-state index contributed by atoms with van der Waals surface area (Å²) in [5.74, 6) is -2.05. The van der Waals surface area contributed by atoms with E-state index in [0.29, 0.717) is 6.42 Å². The number of carbonyl (C=O) groups is 2. The van der Waals surface area contributed by atoms with Crippen LogP contribution in [0.5, 0.6) is 0 Å². The van der Waals surface area contributed by atoms with Crippen LogP contribution in [0.3, 0.4) is 0 Å². The summed E-state index contributed by atoms with van der Waals surface area (Å²) in [5, 5.41) is 19.7. The molecule has 1 fully saturated rings. The molecular formula is C21H24N2O5. The number of methoxy groups -OCH3 is 1. The second kappa shape index (κ2) is 8.97. The van der Waals surface area contributed by atoms with Gasteiger partial charge in [0.2, 0.25) is 0 Å². The number of hydrogen-bond acceptors (Lipinski definition) is 6. The lowest BCUT2D eigenvalue weighted by Gasteiger charge is -2.29. The van der Waals surface area contributed by atoms with Crippen LogP contribution >= 0.6 is 0 Å². The molecule has 1 aliphatic heterocycles. The highest BCUT2D eigenvalue weighted by Gasteiger charge is 2.41. The Morgan fingerprint density at radius 2 is 1.75 bits per heavy atom. The van der Waals surface area contributed by atoms with Gasteiger partial charge in [-0.25, -0.2) is 10.2 Å². The molecule has 4 unspecified atom stereocenters. The minimum Gasteiger partial charge on any atom is -0.478 e. The molecule has 0 amide bonds. The topological polar surface area (TPSA) is 108 Å². The van der Waals surface area contributed by atoms with E-state index >= 15 is 0 Å². The number of carboxylic acids is 1. The quantitative estimate of drug-likeness (QED) is 0.538. The summed E-state index contributed by atoms with van der Waals surface area (Å²) in [6, 6.07) is 16.2. The van der Waals surface area contributed by atoms with Gasteiger partial charge in [-0.1, -0.05) is 42.5 Å². The molecule has 2 aromatic carbocycles. The number of hydrogen-bond donors (Lipinski definition) is 4. The predicted molar refractivity (Wildman–Crippen MR) is 102 cm³/mol. The van der Waals surface area contributed by atoms with Crippen molar-refractivity contribution in [3.8, 4) is 0 Å². The molecule has 0 bridgehead atoms. The fourth-order valence-electron chi connectivity index (χ4n) is 3.77. The molecule has 1 saturated heterocycles. The molecule has 0 aliphatic carbocycles. The van der Waals surface area contributed by atoms with Gasteiger partial charge in [-0.15, -0.1) is 0 Å². The van der Waals surface area contributed by atoms with Gasteiger partial charge in [0.15, 0.2) is 0 Å². The Kier molecular flexibility index (Phi) is 6.41. The number of hydrazine groups is 1. The fraction of sp³-hybridized carbons (Fsp3) is 0.333. The lowest BCUT2D eigenvalue weighted by atomic mass is 9.77.